The van der Waals surface area contributed by atoms with Gasteiger partial charge in [0.05, 0.1) is 17.2 Å². The summed E-state index contributed by atoms with van der Waals surface area (Å²) in [6, 6.07) is 0.686. The first-order valence-electron chi connectivity index (χ1n) is 5.26. The number of aromatic nitrogens is 1. The van der Waals surface area contributed by atoms with E-state index in [4.69, 9.17) is 16.3 Å². The molecule has 0 radical (unpaired) electrons. The van der Waals surface area contributed by atoms with Crippen LogP contribution in [0.25, 0.3) is 10.9 Å². The summed E-state index contributed by atoms with van der Waals surface area (Å²) in [6.07, 6.45) is 0.961. The average molecular weight is 290 g/mol. The van der Waals surface area contributed by atoms with Crippen LogP contribution in [0.2, 0.25) is 5.02 Å². The van der Waals surface area contributed by atoms with Crippen LogP contribution in [0, 0.1) is 17.5 Å². The fourth-order valence-corrected chi connectivity index (χ4v) is 1.83. The summed E-state index contributed by atoms with van der Waals surface area (Å²) in [6.45, 7) is 1.70. The van der Waals surface area contributed by atoms with E-state index in [1.165, 1.54) is 0 Å². The average Bonchev–Trinajstić information content (AvgIpc) is 2.38. The Bertz CT molecular complexity index is 676. The maximum atomic E-state index is 13.5. The molecule has 0 saturated heterocycles. The van der Waals surface area contributed by atoms with Gasteiger partial charge < -0.3 is 4.74 Å². The van der Waals surface area contributed by atoms with Crippen LogP contribution in [0.15, 0.2) is 12.3 Å². The molecule has 0 N–H and O–H groups in total. The van der Waals surface area contributed by atoms with E-state index in [1.807, 2.05) is 0 Å². The predicted molar refractivity (Wildman–Crippen MR) is 62.6 cm³/mol. The first kappa shape index (κ1) is 13.6. The fourth-order valence-electron chi connectivity index (χ4n) is 1.56. The van der Waals surface area contributed by atoms with Gasteiger partial charge in [0.25, 0.3) is 0 Å². The largest absolute Gasteiger partial charge is 0.462 e. The van der Waals surface area contributed by atoms with Crippen LogP contribution in [-0.2, 0) is 4.74 Å². The Labute approximate surface area is 111 Å². The first-order chi connectivity index (χ1) is 8.97. The van der Waals surface area contributed by atoms with Gasteiger partial charge in [0.1, 0.15) is 5.52 Å². The fraction of sp³-hybridized carbons (Fsp3) is 0.167. The minimum Gasteiger partial charge on any atom is -0.462 e. The molecule has 0 spiro atoms. The number of esters is 1. The Kier molecular flexibility index (Phi) is 3.61. The lowest BCUT2D eigenvalue weighted by Crippen LogP contribution is -2.07. The second kappa shape index (κ2) is 5.05. The number of rotatable bonds is 2. The quantitative estimate of drug-likeness (QED) is 0.627. The predicted octanol–water partition coefficient (Wildman–Crippen LogP) is 3.48. The van der Waals surface area contributed by atoms with Crippen molar-refractivity contribution < 1.29 is 22.7 Å². The molecule has 3 nitrogen and oxygen atoms in total. The highest BCUT2D eigenvalue weighted by molar-refractivity contribution is 6.38. The van der Waals surface area contributed by atoms with Crippen molar-refractivity contribution in [1.29, 1.82) is 0 Å². The molecule has 0 amide bonds. The van der Waals surface area contributed by atoms with Gasteiger partial charge in [0.15, 0.2) is 17.5 Å². The molecule has 2 rings (SSSR count). The third-order valence-electron chi connectivity index (χ3n) is 2.43. The van der Waals surface area contributed by atoms with Crippen molar-refractivity contribution >= 4 is 28.5 Å². The SMILES string of the molecule is CCOC(=O)c1cnc2c(F)c(F)c(F)cc2c1Cl. The molecule has 0 saturated carbocycles. The van der Waals surface area contributed by atoms with Crippen LogP contribution in [-0.4, -0.2) is 17.6 Å². The lowest BCUT2D eigenvalue weighted by atomic mass is 10.1. The Balaban J connectivity index is 2.72. The number of nitrogens with zero attached hydrogens (tertiary/aromatic N) is 1. The third kappa shape index (κ3) is 2.23. The van der Waals surface area contributed by atoms with E-state index >= 15 is 0 Å². The number of fused-ring (bicyclic) bond motifs is 1. The van der Waals surface area contributed by atoms with Crippen molar-refractivity contribution in [3.05, 3.63) is 40.3 Å². The third-order valence-corrected chi connectivity index (χ3v) is 2.83. The highest BCUT2D eigenvalue weighted by atomic mass is 35.5. The van der Waals surface area contributed by atoms with Crippen LogP contribution in [0.4, 0.5) is 13.2 Å². The summed E-state index contributed by atoms with van der Waals surface area (Å²) >= 11 is 5.87. The van der Waals surface area contributed by atoms with Crippen molar-refractivity contribution in [2.45, 2.75) is 6.92 Å². The van der Waals surface area contributed by atoms with Crippen molar-refractivity contribution in [2.75, 3.05) is 6.61 Å². The topological polar surface area (TPSA) is 39.2 Å². The summed E-state index contributed by atoms with van der Waals surface area (Å²) in [5.74, 6) is -5.27. The molecule has 0 aliphatic carbocycles. The van der Waals surface area contributed by atoms with Gasteiger partial charge >= 0.3 is 5.97 Å². The van der Waals surface area contributed by atoms with Crippen LogP contribution in [0.5, 0.6) is 0 Å². The summed E-state index contributed by atoms with van der Waals surface area (Å²) in [5.41, 5.74) is -0.585. The van der Waals surface area contributed by atoms with E-state index in [9.17, 15) is 18.0 Å². The molecule has 19 heavy (non-hydrogen) atoms. The molecule has 0 atom stereocenters. The lowest BCUT2D eigenvalue weighted by molar-refractivity contribution is 0.0526. The molecule has 100 valence electrons. The monoisotopic (exact) mass is 289 g/mol. The molecule has 0 unspecified atom stereocenters. The molecular weight excluding hydrogens is 283 g/mol. The standard InChI is InChI=1S/C12H7ClF3NO2/c1-2-19-12(18)6-4-17-11-5(8(6)13)3-7(14)9(15)10(11)16/h3-4H,2H2,1H3. The molecule has 1 aromatic heterocycles. The molecule has 7 heteroatoms. The Morgan fingerprint density at radius 2 is 2.05 bits per heavy atom. The summed E-state index contributed by atoms with van der Waals surface area (Å²) in [7, 11) is 0. The lowest BCUT2D eigenvalue weighted by Gasteiger charge is -2.07. The molecule has 0 bridgehead atoms. The molecule has 2 aromatic rings. The molecular formula is C12H7ClF3NO2. The van der Waals surface area contributed by atoms with Gasteiger partial charge in [-0.1, -0.05) is 11.6 Å². The summed E-state index contributed by atoms with van der Waals surface area (Å²) in [5, 5.41) is -0.426. The number of carbonyl (C=O) groups excluding carboxylic acids is 1. The van der Waals surface area contributed by atoms with Crippen LogP contribution in [0.3, 0.4) is 0 Å². The minimum atomic E-state index is -1.64. The van der Waals surface area contributed by atoms with Crippen molar-refractivity contribution in [3.63, 3.8) is 0 Å². The van der Waals surface area contributed by atoms with E-state index < -0.39 is 28.9 Å². The second-order valence-corrected chi connectivity index (χ2v) is 3.97. The zero-order chi connectivity index (χ0) is 14.2. The zero-order valence-corrected chi connectivity index (χ0v) is 10.4. The first-order valence-corrected chi connectivity index (χ1v) is 5.64. The number of pyridine rings is 1. The molecule has 0 aliphatic rings. The number of hydrogen-bond acceptors (Lipinski definition) is 3. The van der Waals surface area contributed by atoms with E-state index in [0.717, 1.165) is 6.20 Å². The normalized spacial score (nSPS) is 10.8. The number of hydrogen-bond donors (Lipinski definition) is 0. The minimum absolute atomic E-state index is 0.110. The van der Waals surface area contributed by atoms with Gasteiger partial charge in [-0.15, -0.1) is 0 Å². The van der Waals surface area contributed by atoms with Crippen molar-refractivity contribution in [2.24, 2.45) is 0 Å². The van der Waals surface area contributed by atoms with Gasteiger partial charge in [-0.2, -0.15) is 0 Å². The number of carbonyl (C=O) groups is 1. The summed E-state index contributed by atoms with van der Waals surface area (Å²) in [4.78, 5) is 15.1. The Morgan fingerprint density at radius 3 is 2.68 bits per heavy atom. The molecule has 0 fully saturated rings. The number of halogens is 4. The van der Waals surface area contributed by atoms with Gasteiger partial charge in [-0.25, -0.2) is 18.0 Å². The van der Waals surface area contributed by atoms with Crippen LogP contribution in [0.1, 0.15) is 17.3 Å². The van der Waals surface area contributed by atoms with Gasteiger partial charge in [0.2, 0.25) is 0 Å². The Hall–Kier alpha value is -1.82. The van der Waals surface area contributed by atoms with Gasteiger partial charge in [0, 0.05) is 11.6 Å². The number of ether oxygens (including phenoxy) is 1. The van der Waals surface area contributed by atoms with E-state index in [2.05, 4.69) is 4.98 Å². The van der Waals surface area contributed by atoms with E-state index in [-0.39, 0.29) is 22.6 Å². The molecule has 0 aliphatic heterocycles. The van der Waals surface area contributed by atoms with Crippen molar-refractivity contribution in [3.8, 4) is 0 Å². The van der Waals surface area contributed by atoms with Gasteiger partial charge in [-0.05, 0) is 13.0 Å². The van der Waals surface area contributed by atoms with E-state index in [1.54, 1.807) is 6.92 Å². The smallest absolute Gasteiger partial charge is 0.341 e. The highest BCUT2D eigenvalue weighted by Gasteiger charge is 2.20. The van der Waals surface area contributed by atoms with Crippen LogP contribution < -0.4 is 0 Å². The van der Waals surface area contributed by atoms with Crippen LogP contribution >= 0.6 is 11.6 Å². The summed E-state index contributed by atoms with van der Waals surface area (Å²) < 4.78 is 44.4. The van der Waals surface area contributed by atoms with E-state index in [0.29, 0.717) is 6.07 Å². The second-order valence-electron chi connectivity index (χ2n) is 3.59. The van der Waals surface area contributed by atoms with Gasteiger partial charge in [-0.3, -0.25) is 4.98 Å². The maximum Gasteiger partial charge on any atom is 0.341 e. The maximum absolute atomic E-state index is 13.5. The molecule has 1 aromatic carbocycles. The Morgan fingerprint density at radius 1 is 1.37 bits per heavy atom. The zero-order valence-electron chi connectivity index (χ0n) is 9.64. The number of benzene rings is 1. The molecule has 1 heterocycles. The van der Waals surface area contributed by atoms with Crippen molar-refractivity contribution in [1.82, 2.24) is 4.98 Å². The highest BCUT2D eigenvalue weighted by Crippen LogP contribution is 2.30.